The Bertz CT molecular complexity index is 754. The normalized spacial score (nSPS) is 10.8. The van der Waals surface area contributed by atoms with Crippen molar-refractivity contribution in [2.45, 2.75) is 20.3 Å². The zero-order valence-electron chi connectivity index (χ0n) is 13.9. The van der Waals surface area contributed by atoms with Gasteiger partial charge in [0.2, 0.25) is 0 Å². The molecular formula is C20H20N2O2. The molecule has 0 unspecified atom stereocenters. The molecule has 0 bridgehead atoms. The highest BCUT2D eigenvalue weighted by atomic mass is 16.5. The molecule has 24 heavy (non-hydrogen) atoms. The van der Waals surface area contributed by atoms with E-state index in [1.54, 1.807) is 6.08 Å². The topological polar surface area (TPSA) is 62.1 Å². The van der Waals surface area contributed by atoms with E-state index >= 15 is 0 Å². The minimum absolute atomic E-state index is 0.0544. The number of benzene rings is 2. The summed E-state index contributed by atoms with van der Waals surface area (Å²) in [5.74, 6) is 0.337. The van der Waals surface area contributed by atoms with Crippen LogP contribution in [0.5, 0.6) is 5.75 Å². The van der Waals surface area contributed by atoms with Crippen LogP contribution < -0.4 is 10.1 Å². The van der Waals surface area contributed by atoms with Gasteiger partial charge in [0.05, 0.1) is 6.61 Å². The third kappa shape index (κ3) is 4.72. The molecule has 0 heterocycles. The lowest BCUT2D eigenvalue weighted by Crippen LogP contribution is -2.13. The first-order valence-corrected chi connectivity index (χ1v) is 7.91. The smallest absolute Gasteiger partial charge is 0.266 e. The fourth-order valence-corrected chi connectivity index (χ4v) is 2.16. The van der Waals surface area contributed by atoms with Gasteiger partial charge in [-0.25, -0.2) is 0 Å². The van der Waals surface area contributed by atoms with Crippen LogP contribution in [0.3, 0.4) is 0 Å². The standard InChI is InChI=1S/C20H20N2O2/c1-3-15-5-9-18(10-6-15)22-20(23)17(14-21)13-16-7-11-19(12-8-16)24-4-2/h5-13H,3-4H2,1-2H3,(H,22,23). The first kappa shape index (κ1) is 17.3. The number of rotatable bonds is 6. The minimum Gasteiger partial charge on any atom is -0.494 e. The molecule has 0 aromatic heterocycles. The van der Waals surface area contributed by atoms with Gasteiger partial charge in [-0.1, -0.05) is 31.2 Å². The summed E-state index contributed by atoms with van der Waals surface area (Å²) in [6, 6.07) is 16.8. The molecule has 0 radical (unpaired) electrons. The second-order valence-corrected chi connectivity index (χ2v) is 5.18. The third-order valence-corrected chi connectivity index (χ3v) is 3.49. The summed E-state index contributed by atoms with van der Waals surface area (Å²) < 4.78 is 5.37. The highest BCUT2D eigenvalue weighted by Crippen LogP contribution is 2.16. The van der Waals surface area contributed by atoms with E-state index in [0.29, 0.717) is 12.3 Å². The van der Waals surface area contributed by atoms with E-state index in [1.165, 1.54) is 5.56 Å². The number of nitrogens with one attached hydrogen (secondary N) is 1. The second kappa shape index (κ2) is 8.54. The molecule has 0 atom stereocenters. The SMILES string of the molecule is CCOc1ccc(C=C(C#N)C(=O)Nc2ccc(CC)cc2)cc1. The van der Waals surface area contributed by atoms with Crippen LogP contribution in [-0.4, -0.2) is 12.5 Å². The Hall–Kier alpha value is -3.06. The molecule has 4 nitrogen and oxygen atoms in total. The van der Waals surface area contributed by atoms with Gasteiger partial charge in [-0.15, -0.1) is 0 Å². The summed E-state index contributed by atoms with van der Waals surface area (Å²) in [5, 5.41) is 12.0. The number of aryl methyl sites for hydroxylation is 1. The Morgan fingerprint density at radius 3 is 2.33 bits per heavy atom. The van der Waals surface area contributed by atoms with Crippen LogP contribution in [0.25, 0.3) is 6.08 Å². The lowest BCUT2D eigenvalue weighted by atomic mass is 10.1. The third-order valence-electron chi connectivity index (χ3n) is 3.49. The Labute approximate surface area is 142 Å². The van der Waals surface area contributed by atoms with Gasteiger partial charge >= 0.3 is 0 Å². The fourth-order valence-electron chi connectivity index (χ4n) is 2.16. The molecule has 0 aliphatic rings. The zero-order chi connectivity index (χ0) is 17.4. The number of hydrogen-bond donors (Lipinski definition) is 1. The number of nitriles is 1. The molecule has 1 amide bonds. The van der Waals surface area contributed by atoms with Gasteiger partial charge < -0.3 is 10.1 Å². The van der Waals surface area contributed by atoms with Crippen molar-refractivity contribution in [3.8, 4) is 11.8 Å². The van der Waals surface area contributed by atoms with Crippen molar-refractivity contribution in [1.82, 2.24) is 0 Å². The van der Waals surface area contributed by atoms with Crippen molar-refractivity contribution in [3.63, 3.8) is 0 Å². The van der Waals surface area contributed by atoms with Gasteiger partial charge in [0, 0.05) is 5.69 Å². The second-order valence-electron chi connectivity index (χ2n) is 5.18. The van der Waals surface area contributed by atoms with Crippen molar-refractivity contribution in [1.29, 1.82) is 5.26 Å². The highest BCUT2D eigenvalue weighted by Gasteiger charge is 2.09. The zero-order valence-corrected chi connectivity index (χ0v) is 13.9. The molecule has 122 valence electrons. The van der Waals surface area contributed by atoms with Crippen LogP contribution in [0.2, 0.25) is 0 Å². The molecule has 0 aliphatic heterocycles. The van der Waals surface area contributed by atoms with Crippen LogP contribution in [-0.2, 0) is 11.2 Å². The molecule has 0 fully saturated rings. The maximum absolute atomic E-state index is 12.2. The average Bonchev–Trinajstić information content (AvgIpc) is 2.62. The monoisotopic (exact) mass is 320 g/mol. The van der Waals surface area contributed by atoms with Crippen molar-refractivity contribution >= 4 is 17.7 Å². The largest absolute Gasteiger partial charge is 0.494 e. The summed E-state index contributed by atoms with van der Waals surface area (Å²) in [7, 11) is 0. The van der Waals surface area contributed by atoms with Crippen molar-refractivity contribution in [2.75, 3.05) is 11.9 Å². The molecule has 0 saturated heterocycles. The number of hydrogen-bond acceptors (Lipinski definition) is 3. The maximum atomic E-state index is 12.2. The van der Waals surface area contributed by atoms with Gasteiger partial charge in [-0.3, -0.25) is 4.79 Å². The van der Waals surface area contributed by atoms with Crippen molar-refractivity contribution < 1.29 is 9.53 Å². The number of carbonyl (C=O) groups excluding carboxylic acids is 1. The molecule has 2 rings (SSSR count). The van der Waals surface area contributed by atoms with Crippen LogP contribution in [0.15, 0.2) is 54.1 Å². The first-order valence-electron chi connectivity index (χ1n) is 7.91. The van der Waals surface area contributed by atoms with Crippen LogP contribution in [0, 0.1) is 11.3 Å². The Kier molecular flexibility index (Phi) is 6.16. The molecule has 0 aliphatic carbocycles. The molecule has 4 heteroatoms. The summed E-state index contributed by atoms with van der Waals surface area (Å²) in [5.41, 5.74) is 2.69. The van der Waals surface area contributed by atoms with Gasteiger partial charge in [-0.05, 0) is 54.8 Å². The van der Waals surface area contributed by atoms with E-state index in [1.807, 2.05) is 61.5 Å². The predicted octanol–water partition coefficient (Wildman–Crippen LogP) is 4.19. The van der Waals surface area contributed by atoms with E-state index in [0.717, 1.165) is 17.7 Å². The average molecular weight is 320 g/mol. The molecular weight excluding hydrogens is 300 g/mol. The summed E-state index contributed by atoms with van der Waals surface area (Å²) in [4.78, 5) is 12.2. The quantitative estimate of drug-likeness (QED) is 0.641. The molecule has 1 N–H and O–H groups in total. The van der Waals surface area contributed by atoms with E-state index < -0.39 is 5.91 Å². The van der Waals surface area contributed by atoms with Crippen LogP contribution in [0.1, 0.15) is 25.0 Å². The molecule has 2 aromatic rings. The van der Waals surface area contributed by atoms with Gasteiger partial charge in [0.15, 0.2) is 0 Å². The maximum Gasteiger partial charge on any atom is 0.266 e. The number of amides is 1. The molecule has 2 aromatic carbocycles. The van der Waals surface area contributed by atoms with Gasteiger partial charge in [0.25, 0.3) is 5.91 Å². The van der Waals surface area contributed by atoms with Crippen LogP contribution >= 0.6 is 0 Å². The number of ether oxygens (including phenoxy) is 1. The Morgan fingerprint density at radius 2 is 1.79 bits per heavy atom. The van der Waals surface area contributed by atoms with Crippen molar-refractivity contribution in [2.24, 2.45) is 0 Å². The molecule has 0 spiro atoms. The van der Waals surface area contributed by atoms with E-state index in [-0.39, 0.29) is 5.57 Å². The first-order chi connectivity index (χ1) is 11.7. The minimum atomic E-state index is -0.421. The Morgan fingerprint density at radius 1 is 1.12 bits per heavy atom. The summed E-state index contributed by atoms with van der Waals surface area (Å²) in [6.07, 6.45) is 2.50. The predicted molar refractivity (Wildman–Crippen MR) is 95.7 cm³/mol. The fraction of sp³-hybridized carbons (Fsp3) is 0.200. The summed E-state index contributed by atoms with van der Waals surface area (Å²) in [6.45, 7) is 4.58. The van der Waals surface area contributed by atoms with Crippen LogP contribution in [0.4, 0.5) is 5.69 Å². The van der Waals surface area contributed by atoms with Gasteiger partial charge in [0.1, 0.15) is 17.4 Å². The lowest BCUT2D eigenvalue weighted by Gasteiger charge is -2.06. The van der Waals surface area contributed by atoms with E-state index in [9.17, 15) is 10.1 Å². The van der Waals surface area contributed by atoms with E-state index in [4.69, 9.17) is 4.74 Å². The van der Waals surface area contributed by atoms with Crippen molar-refractivity contribution in [3.05, 3.63) is 65.2 Å². The summed E-state index contributed by atoms with van der Waals surface area (Å²) >= 11 is 0. The lowest BCUT2D eigenvalue weighted by molar-refractivity contribution is -0.112. The molecule has 0 saturated carbocycles. The van der Waals surface area contributed by atoms with Gasteiger partial charge in [-0.2, -0.15) is 5.26 Å². The highest BCUT2D eigenvalue weighted by molar-refractivity contribution is 6.09. The number of anilines is 1. The number of carbonyl (C=O) groups is 1. The van der Waals surface area contributed by atoms with E-state index in [2.05, 4.69) is 12.2 Å². The number of nitrogens with zero attached hydrogens (tertiary/aromatic N) is 1. The Balaban J connectivity index is 2.11.